The lowest BCUT2D eigenvalue weighted by Crippen LogP contribution is -2.20. The highest BCUT2D eigenvalue weighted by Crippen LogP contribution is 2.35. The van der Waals surface area contributed by atoms with Gasteiger partial charge >= 0.3 is 0 Å². The molecule has 0 bridgehead atoms. The van der Waals surface area contributed by atoms with Crippen LogP contribution in [0.1, 0.15) is 31.8 Å². The second-order valence-electron chi connectivity index (χ2n) is 4.06. The van der Waals surface area contributed by atoms with E-state index >= 15 is 0 Å². The van der Waals surface area contributed by atoms with Crippen LogP contribution in [0.15, 0.2) is 41.3 Å². The van der Waals surface area contributed by atoms with Gasteiger partial charge in [0.1, 0.15) is 5.75 Å². The zero-order valence-corrected chi connectivity index (χ0v) is 10.1. The lowest BCUT2D eigenvalue weighted by Gasteiger charge is -2.18. The average Bonchev–Trinajstić information content (AvgIpc) is 2.39. The number of thiol groups is 1. The van der Waals surface area contributed by atoms with Gasteiger partial charge in [-0.2, -0.15) is 0 Å². The van der Waals surface area contributed by atoms with Crippen LogP contribution in [-0.2, 0) is 0 Å². The Morgan fingerprint density at radius 3 is 2.11 bits per heavy atom. The summed E-state index contributed by atoms with van der Waals surface area (Å²) < 4.78 is 0. The van der Waals surface area contributed by atoms with Gasteiger partial charge in [0, 0.05) is 21.6 Å². The molecular weight excluding hydrogens is 248 g/mol. The van der Waals surface area contributed by atoms with Crippen LogP contribution < -0.4 is 0 Å². The monoisotopic (exact) mass is 256 g/mol. The zero-order valence-electron chi connectivity index (χ0n) is 9.18. The first-order valence-electron chi connectivity index (χ1n) is 5.34. The Bertz CT molecular complexity index is 704. The van der Waals surface area contributed by atoms with Gasteiger partial charge in [0.05, 0.1) is 5.56 Å². The topological polar surface area (TPSA) is 54.4 Å². The van der Waals surface area contributed by atoms with Crippen LogP contribution in [0, 0.1) is 0 Å². The second kappa shape index (κ2) is 3.71. The Morgan fingerprint density at radius 2 is 1.44 bits per heavy atom. The SMILES string of the molecule is O=C1c2ccccc2C(=O)c2c1ccc(S)c2O. The van der Waals surface area contributed by atoms with E-state index < -0.39 is 0 Å². The number of ketones is 2. The summed E-state index contributed by atoms with van der Waals surface area (Å²) in [5.74, 6) is -0.818. The van der Waals surface area contributed by atoms with E-state index in [-0.39, 0.29) is 33.3 Å². The fraction of sp³-hybridized carbons (Fsp3) is 0. The summed E-state index contributed by atoms with van der Waals surface area (Å²) in [6, 6.07) is 9.63. The molecule has 1 aliphatic rings. The molecule has 0 saturated carbocycles. The van der Waals surface area contributed by atoms with Crippen LogP contribution in [-0.4, -0.2) is 16.7 Å². The van der Waals surface area contributed by atoms with Crippen molar-refractivity contribution in [2.45, 2.75) is 4.90 Å². The van der Waals surface area contributed by atoms with E-state index in [1.165, 1.54) is 12.1 Å². The molecule has 0 spiro atoms. The van der Waals surface area contributed by atoms with Crippen molar-refractivity contribution in [3.05, 3.63) is 58.7 Å². The molecule has 88 valence electrons. The highest BCUT2D eigenvalue weighted by atomic mass is 32.1. The van der Waals surface area contributed by atoms with Crippen molar-refractivity contribution in [3.8, 4) is 5.75 Å². The molecule has 0 heterocycles. The van der Waals surface area contributed by atoms with Crippen LogP contribution in [0.5, 0.6) is 5.75 Å². The number of carbonyl (C=O) groups excluding carboxylic acids is 2. The number of phenols is 1. The number of phenolic OH excluding ortho intramolecular Hbond substituents is 1. The highest BCUT2D eigenvalue weighted by Gasteiger charge is 2.32. The van der Waals surface area contributed by atoms with Crippen LogP contribution in [0.2, 0.25) is 0 Å². The number of carbonyl (C=O) groups is 2. The molecule has 1 N–H and O–H groups in total. The molecule has 0 atom stereocenters. The molecule has 0 saturated heterocycles. The van der Waals surface area contributed by atoms with Gasteiger partial charge in [-0.15, -0.1) is 12.6 Å². The molecule has 0 aliphatic heterocycles. The van der Waals surface area contributed by atoms with Gasteiger partial charge in [-0.25, -0.2) is 0 Å². The summed E-state index contributed by atoms with van der Waals surface area (Å²) in [6.45, 7) is 0. The van der Waals surface area contributed by atoms with Gasteiger partial charge in [0.15, 0.2) is 11.6 Å². The Balaban J connectivity index is 2.38. The fourth-order valence-corrected chi connectivity index (χ4v) is 2.34. The Hall–Kier alpha value is -2.07. The summed E-state index contributed by atoms with van der Waals surface area (Å²) in [4.78, 5) is 24.8. The normalized spacial score (nSPS) is 13.2. The molecule has 0 fully saturated rings. The maximum Gasteiger partial charge on any atom is 0.198 e. The van der Waals surface area contributed by atoms with Crippen LogP contribution >= 0.6 is 12.6 Å². The largest absolute Gasteiger partial charge is 0.506 e. The molecule has 1 aliphatic carbocycles. The molecular formula is C14H8O3S. The third-order valence-electron chi connectivity index (χ3n) is 3.04. The molecule has 0 amide bonds. The van der Waals surface area contributed by atoms with E-state index in [9.17, 15) is 14.7 Å². The smallest absolute Gasteiger partial charge is 0.198 e. The predicted molar refractivity (Wildman–Crippen MR) is 68.7 cm³/mol. The van der Waals surface area contributed by atoms with Crippen LogP contribution in [0.3, 0.4) is 0 Å². The van der Waals surface area contributed by atoms with E-state index in [2.05, 4.69) is 12.6 Å². The Kier molecular flexibility index (Phi) is 2.28. The summed E-state index contributed by atoms with van der Waals surface area (Å²) in [5, 5.41) is 9.91. The van der Waals surface area contributed by atoms with Crippen molar-refractivity contribution in [1.29, 1.82) is 0 Å². The van der Waals surface area contributed by atoms with Gasteiger partial charge < -0.3 is 5.11 Å². The zero-order chi connectivity index (χ0) is 12.9. The first-order chi connectivity index (χ1) is 8.61. The minimum Gasteiger partial charge on any atom is -0.506 e. The van der Waals surface area contributed by atoms with E-state index in [0.29, 0.717) is 11.1 Å². The second-order valence-corrected chi connectivity index (χ2v) is 4.54. The third kappa shape index (κ3) is 1.32. The lowest BCUT2D eigenvalue weighted by atomic mass is 9.84. The maximum absolute atomic E-state index is 12.3. The molecule has 3 rings (SSSR count). The summed E-state index contributed by atoms with van der Waals surface area (Å²) in [7, 11) is 0. The van der Waals surface area contributed by atoms with Crippen LogP contribution in [0.25, 0.3) is 0 Å². The first-order valence-corrected chi connectivity index (χ1v) is 5.79. The van der Waals surface area contributed by atoms with E-state index in [0.717, 1.165) is 0 Å². The molecule has 0 aromatic heterocycles. The average molecular weight is 256 g/mol. The van der Waals surface area contributed by atoms with E-state index in [1.54, 1.807) is 24.3 Å². The Labute approximate surface area is 108 Å². The maximum atomic E-state index is 12.3. The number of aromatic hydroxyl groups is 1. The first kappa shape index (κ1) is 11.0. The van der Waals surface area contributed by atoms with Crippen LogP contribution in [0.4, 0.5) is 0 Å². The number of rotatable bonds is 0. The van der Waals surface area contributed by atoms with E-state index in [4.69, 9.17) is 0 Å². The van der Waals surface area contributed by atoms with Crippen molar-refractivity contribution >= 4 is 24.2 Å². The standard InChI is InChI=1S/C14H8O3S/c15-12-7-3-1-2-4-8(7)13(16)11-9(12)5-6-10(18)14(11)17/h1-6,17-18H. The summed E-state index contributed by atoms with van der Waals surface area (Å²) >= 11 is 4.06. The van der Waals surface area contributed by atoms with Crippen molar-refractivity contribution in [2.75, 3.05) is 0 Å². The molecule has 3 nitrogen and oxygen atoms in total. The molecule has 0 radical (unpaired) electrons. The highest BCUT2D eigenvalue weighted by molar-refractivity contribution is 7.80. The number of fused-ring (bicyclic) bond motifs is 2. The molecule has 0 unspecified atom stereocenters. The summed E-state index contributed by atoms with van der Waals surface area (Å²) in [5.41, 5.74) is 0.978. The quantitative estimate of drug-likeness (QED) is 0.607. The molecule has 2 aromatic carbocycles. The minimum atomic E-state index is -0.339. The van der Waals surface area contributed by atoms with Gasteiger partial charge in [0.25, 0.3) is 0 Å². The molecule has 4 heteroatoms. The fourth-order valence-electron chi connectivity index (χ4n) is 2.16. The Morgan fingerprint density at radius 1 is 0.833 bits per heavy atom. The van der Waals surface area contributed by atoms with Crippen molar-refractivity contribution < 1.29 is 14.7 Å². The van der Waals surface area contributed by atoms with E-state index in [1.807, 2.05) is 0 Å². The van der Waals surface area contributed by atoms with Gasteiger partial charge in [-0.05, 0) is 12.1 Å². The predicted octanol–water partition coefficient (Wildman–Crippen LogP) is 2.46. The van der Waals surface area contributed by atoms with Gasteiger partial charge in [-0.1, -0.05) is 24.3 Å². The third-order valence-corrected chi connectivity index (χ3v) is 3.41. The summed E-state index contributed by atoms with van der Waals surface area (Å²) in [6.07, 6.45) is 0. The molecule has 18 heavy (non-hydrogen) atoms. The lowest BCUT2D eigenvalue weighted by molar-refractivity contribution is 0.0976. The van der Waals surface area contributed by atoms with Gasteiger partial charge in [0.2, 0.25) is 0 Å². The number of hydrogen-bond acceptors (Lipinski definition) is 4. The minimum absolute atomic E-state index is 0.0474. The van der Waals surface area contributed by atoms with Gasteiger partial charge in [-0.3, -0.25) is 9.59 Å². The van der Waals surface area contributed by atoms with Crippen molar-refractivity contribution in [1.82, 2.24) is 0 Å². The van der Waals surface area contributed by atoms with Crippen molar-refractivity contribution in [3.63, 3.8) is 0 Å². The van der Waals surface area contributed by atoms with Crippen molar-refractivity contribution in [2.24, 2.45) is 0 Å². The number of benzene rings is 2. The number of hydrogen-bond donors (Lipinski definition) is 2. The molecule has 2 aromatic rings.